The number of likely N-dealkylation sites (tertiary alicyclic amines) is 1. The highest BCUT2D eigenvalue weighted by atomic mass is 35.5. The first-order valence-corrected chi connectivity index (χ1v) is 13.0. The number of halogens is 1. The summed E-state index contributed by atoms with van der Waals surface area (Å²) in [6.07, 6.45) is 9.31. The van der Waals surface area contributed by atoms with Crippen LogP contribution in [0.25, 0.3) is 0 Å². The van der Waals surface area contributed by atoms with E-state index >= 15 is 0 Å². The van der Waals surface area contributed by atoms with Crippen LogP contribution in [0.1, 0.15) is 72.8 Å². The lowest BCUT2D eigenvalue weighted by molar-refractivity contribution is -0.126. The normalized spacial score (nSPS) is 20.8. The van der Waals surface area contributed by atoms with Crippen LogP contribution in [0.2, 0.25) is 5.02 Å². The number of benzene rings is 1. The van der Waals surface area contributed by atoms with Gasteiger partial charge in [-0.1, -0.05) is 40.6 Å². The number of aromatic nitrogens is 3. The molecule has 1 saturated heterocycles. The van der Waals surface area contributed by atoms with Crippen LogP contribution in [0, 0.1) is 5.92 Å². The Kier molecular flexibility index (Phi) is 7.48. The van der Waals surface area contributed by atoms with Crippen molar-refractivity contribution in [3.05, 3.63) is 57.9 Å². The molecule has 1 atom stereocenters. The van der Waals surface area contributed by atoms with Crippen LogP contribution in [-0.4, -0.2) is 51.3 Å². The fourth-order valence-electron chi connectivity index (χ4n) is 5.17. The SMILES string of the molecule is O=C(NCCC1=CCCCC1)C1CCN(C(=O)c2nnn3c2COC(c2ccc(Cl)cc2)C3)CC1. The molecule has 0 bridgehead atoms. The van der Waals surface area contributed by atoms with Gasteiger partial charge in [-0.3, -0.25) is 9.59 Å². The highest BCUT2D eigenvalue weighted by molar-refractivity contribution is 6.30. The lowest BCUT2D eigenvalue weighted by Gasteiger charge is -2.31. The Labute approximate surface area is 210 Å². The van der Waals surface area contributed by atoms with Crippen molar-refractivity contribution in [1.29, 1.82) is 0 Å². The van der Waals surface area contributed by atoms with Crippen molar-refractivity contribution in [3.8, 4) is 0 Å². The Morgan fingerprint density at radius 2 is 1.94 bits per heavy atom. The van der Waals surface area contributed by atoms with Gasteiger partial charge < -0.3 is 15.0 Å². The third kappa shape index (κ3) is 5.59. The molecular weight excluding hydrogens is 466 g/mol. The molecule has 5 rings (SSSR count). The van der Waals surface area contributed by atoms with Crippen molar-refractivity contribution in [1.82, 2.24) is 25.2 Å². The van der Waals surface area contributed by atoms with Crippen molar-refractivity contribution < 1.29 is 14.3 Å². The van der Waals surface area contributed by atoms with Gasteiger partial charge in [-0.2, -0.15) is 0 Å². The van der Waals surface area contributed by atoms with Crippen LogP contribution < -0.4 is 5.32 Å². The lowest BCUT2D eigenvalue weighted by Crippen LogP contribution is -2.43. The first-order valence-electron chi connectivity index (χ1n) is 12.6. The number of nitrogens with zero attached hydrogens (tertiary/aromatic N) is 4. The maximum atomic E-state index is 13.2. The summed E-state index contributed by atoms with van der Waals surface area (Å²) < 4.78 is 7.79. The molecule has 1 aliphatic carbocycles. The Bertz CT molecular complexity index is 1090. The van der Waals surface area contributed by atoms with Crippen LogP contribution in [0.15, 0.2) is 35.9 Å². The van der Waals surface area contributed by atoms with Crippen LogP contribution in [-0.2, 0) is 22.7 Å². The van der Waals surface area contributed by atoms with Crippen molar-refractivity contribution in [2.24, 2.45) is 5.92 Å². The average Bonchev–Trinajstić information content (AvgIpc) is 3.33. The molecule has 3 aliphatic rings. The second-order valence-corrected chi connectivity index (χ2v) is 10.1. The van der Waals surface area contributed by atoms with E-state index in [2.05, 4.69) is 21.7 Å². The van der Waals surface area contributed by atoms with Gasteiger partial charge >= 0.3 is 0 Å². The molecule has 1 aromatic heterocycles. The smallest absolute Gasteiger partial charge is 0.276 e. The van der Waals surface area contributed by atoms with Gasteiger partial charge in [0, 0.05) is 30.6 Å². The molecule has 1 unspecified atom stereocenters. The molecule has 0 saturated carbocycles. The van der Waals surface area contributed by atoms with E-state index in [0.717, 1.165) is 18.4 Å². The quantitative estimate of drug-likeness (QED) is 0.608. The summed E-state index contributed by atoms with van der Waals surface area (Å²) in [5, 5.41) is 12.2. The number of ether oxygens (including phenoxy) is 1. The van der Waals surface area contributed by atoms with Gasteiger partial charge in [0.15, 0.2) is 5.69 Å². The molecule has 2 aliphatic heterocycles. The molecule has 1 N–H and O–H groups in total. The van der Waals surface area contributed by atoms with Gasteiger partial charge in [0.2, 0.25) is 5.91 Å². The number of nitrogens with one attached hydrogen (secondary N) is 1. The third-order valence-electron chi connectivity index (χ3n) is 7.33. The van der Waals surface area contributed by atoms with Crippen molar-refractivity contribution in [2.45, 2.75) is 64.2 Å². The molecule has 2 aromatic rings. The highest BCUT2D eigenvalue weighted by Crippen LogP contribution is 2.29. The second-order valence-electron chi connectivity index (χ2n) is 9.63. The molecule has 3 heterocycles. The van der Waals surface area contributed by atoms with E-state index in [1.54, 1.807) is 9.58 Å². The number of allylic oxidation sites excluding steroid dienone is 1. The fraction of sp³-hybridized carbons (Fsp3) is 0.538. The number of hydrogen-bond donors (Lipinski definition) is 1. The van der Waals surface area contributed by atoms with E-state index in [4.69, 9.17) is 16.3 Å². The van der Waals surface area contributed by atoms with Crippen LogP contribution in [0.5, 0.6) is 0 Å². The minimum Gasteiger partial charge on any atom is -0.365 e. The predicted molar refractivity (Wildman–Crippen MR) is 132 cm³/mol. The maximum Gasteiger partial charge on any atom is 0.276 e. The van der Waals surface area contributed by atoms with Crippen molar-refractivity contribution in [3.63, 3.8) is 0 Å². The van der Waals surface area contributed by atoms with E-state index < -0.39 is 0 Å². The zero-order valence-electron chi connectivity index (χ0n) is 19.9. The number of amides is 2. The molecule has 0 spiro atoms. The zero-order chi connectivity index (χ0) is 24.2. The maximum absolute atomic E-state index is 13.2. The summed E-state index contributed by atoms with van der Waals surface area (Å²) in [6.45, 7) is 2.56. The van der Waals surface area contributed by atoms with Crippen molar-refractivity contribution in [2.75, 3.05) is 19.6 Å². The number of fused-ring (bicyclic) bond motifs is 1. The summed E-state index contributed by atoms with van der Waals surface area (Å²) in [5.74, 6) is -0.0732. The summed E-state index contributed by atoms with van der Waals surface area (Å²) in [6, 6.07) is 7.55. The average molecular weight is 498 g/mol. The molecule has 1 aromatic carbocycles. The topological polar surface area (TPSA) is 89.4 Å². The summed E-state index contributed by atoms with van der Waals surface area (Å²) in [7, 11) is 0. The molecule has 9 heteroatoms. The summed E-state index contributed by atoms with van der Waals surface area (Å²) in [4.78, 5) is 27.6. The largest absolute Gasteiger partial charge is 0.365 e. The first-order chi connectivity index (χ1) is 17.1. The Balaban J connectivity index is 1.12. The zero-order valence-corrected chi connectivity index (χ0v) is 20.7. The number of rotatable bonds is 6. The number of piperidine rings is 1. The van der Waals surface area contributed by atoms with E-state index in [1.165, 1.54) is 24.8 Å². The fourth-order valence-corrected chi connectivity index (χ4v) is 5.30. The van der Waals surface area contributed by atoms with Crippen molar-refractivity contribution >= 4 is 23.4 Å². The second kappa shape index (κ2) is 10.9. The summed E-state index contributed by atoms with van der Waals surface area (Å²) in [5.41, 5.74) is 3.54. The van der Waals surface area contributed by atoms with E-state index in [0.29, 0.717) is 55.4 Å². The molecule has 1 fully saturated rings. The molecular formula is C26H32ClN5O3. The van der Waals surface area contributed by atoms with Gasteiger partial charge in [-0.05, 0) is 62.6 Å². The Morgan fingerprint density at radius 3 is 2.69 bits per heavy atom. The third-order valence-corrected chi connectivity index (χ3v) is 7.58. The van der Waals surface area contributed by atoms with Crippen LogP contribution in [0.3, 0.4) is 0 Å². The van der Waals surface area contributed by atoms with Gasteiger partial charge in [-0.25, -0.2) is 4.68 Å². The molecule has 2 amide bonds. The van der Waals surface area contributed by atoms with E-state index in [-0.39, 0.29) is 30.4 Å². The van der Waals surface area contributed by atoms with Gasteiger partial charge in [0.05, 0.1) is 18.8 Å². The monoisotopic (exact) mass is 497 g/mol. The minimum atomic E-state index is -0.159. The Hall–Kier alpha value is -2.71. The number of carbonyl (C=O) groups excluding carboxylic acids is 2. The van der Waals surface area contributed by atoms with Gasteiger partial charge in [0.1, 0.15) is 6.10 Å². The van der Waals surface area contributed by atoms with E-state index in [1.807, 2.05) is 24.3 Å². The first kappa shape index (κ1) is 24.0. The standard InChI is InChI=1S/C26H32ClN5O3/c27-21-8-6-19(7-9-21)23-16-32-22(17-35-23)24(29-30-32)26(34)31-14-11-20(12-15-31)25(33)28-13-10-18-4-2-1-3-5-18/h4,6-9,20,23H,1-3,5,10-17H2,(H,28,33). The molecule has 0 radical (unpaired) electrons. The molecule has 8 nitrogen and oxygen atoms in total. The highest BCUT2D eigenvalue weighted by Gasteiger charge is 2.33. The van der Waals surface area contributed by atoms with Gasteiger partial charge in [0.25, 0.3) is 5.91 Å². The van der Waals surface area contributed by atoms with Gasteiger partial charge in [-0.15, -0.1) is 5.10 Å². The summed E-state index contributed by atoms with van der Waals surface area (Å²) >= 11 is 5.99. The van der Waals surface area contributed by atoms with Crippen LogP contribution >= 0.6 is 11.6 Å². The molecule has 35 heavy (non-hydrogen) atoms. The lowest BCUT2D eigenvalue weighted by atomic mass is 9.95. The minimum absolute atomic E-state index is 0.0445. The molecule has 186 valence electrons. The van der Waals surface area contributed by atoms with Crippen LogP contribution in [0.4, 0.5) is 0 Å². The number of hydrogen-bond acceptors (Lipinski definition) is 5. The number of carbonyl (C=O) groups is 2. The Morgan fingerprint density at radius 1 is 1.14 bits per heavy atom. The predicted octanol–water partition coefficient (Wildman–Crippen LogP) is 4.06. The van der Waals surface area contributed by atoms with E-state index in [9.17, 15) is 9.59 Å².